The third-order valence-corrected chi connectivity index (χ3v) is 4.45. The Labute approximate surface area is 133 Å². The van der Waals surface area contributed by atoms with Crippen LogP contribution in [0.5, 0.6) is 0 Å². The van der Waals surface area contributed by atoms with Gasteiger partial charge in [-0.3, -0.25) is 4.99 Å². The SMILES string of the molecule is CCNC(=NCC1CC1)N1CCC2(CCOC2)C1.I. The normalized spacial score (nSPS) is 30.8. The molecule has 0 amide bonds. The maximum Gasteiger partial charge on any atom is 0.193 e. The zero-order valence-electron chi connectivity index (χ0n) is 11.9. The molecule has 1 aliphatic carbocycles. The van der Waals surface area contributed by atoms with Crippen molar-refractivity contribution in [3.8, 4) is 0 Å². The monoisotopic (exact) mass is 379 g/mol. The molecule has 0 aromatic rings. The highest BCUT2D eigenvalue weighted by Crippen LogP contribution is 2.38. The van der Waals surface area contributed by atoms with Crippen LogP contribution in [0.25, 0.3) is 0 Å². The fourth-order valence-corrected chi connectivity index (χ4v) is 3.03. The van der Waals surface area contributed by atoms with E-state index in [2.05, 4.69) is 17.1 Å². The average molecular weight is 379 g/mol. The standard InChI is InChI=1S/C14H25N3O.HI/c1-2-15-13(16-9-12-3-4-12)17-7-5-14(10-17)6-8-18-11-14;/h12H,2-11H2,1H3,(H,15,16);1H. The molecule has 19 heavy (non-hydrogen) atoms. The van der Waals surface area contributed by atoms with E-state index in [0.717, 1.165) is 51.3 Å². The van der Waals surface area contributed by atoms with Gasteiger partial charge in [-0.25, -0.2) is 0 Å². The van der Waals surface area contributed by atoms with Gasteiger partial charge in [0.1, 0.15) is 0 Å². The van der Waals surface area contributed by atoms with Crippen molar-refractivity contribution in [2.45, 2.75) is 32.6 Å². The first-order valence-corrected chi connectivity index (χ1v) is 7.42. The van der Waals surface area contributed by atoms with E-state index in [0.29, 0.717) is 5.41 Å². The Hall–Kier alpha value is -0.0400. The largest absolute Gasteiger partial charge is 0.381 e. The Balaban J connectivity index is 0.00000133. The molecule has 1 N–H and O–H groups in total. The summed E-state index contributed by atoms with van der Waals surface area (Å²) in [5, 5.41) is 3.45. The smallest absolute Gasteiger partial charge is 0.193 e. The van der Waals surface area contributed by atoms with Crippen molar-refractivity contribution in [1.29, 1.82) is 0 Å². The van der Waals surface area contributed by atoms with Crippen LogP contribution in [0.15, 0.2) is 4.99 Å². The lowest BCUT2D eigenvalue weighted by molar-refractivity contribution is 0.156. The summed E-state index contributed by atoms with van der Waals surface area (Å²) in [6.45, 7) is 8.29. The molecular weight excluding hydrogens is 353 g/mol. The van der Waals surface area contributed by atoms with Gasteiger partial charge in [-0.15, -0.1) is 24.0 Å². The van der Waals surface area contributed by atoms with Crippen molar-refractivity contribution < 1.29 is 4.74 Å². The average Bonchev–Trinajstić information content (AvgIpc) is 2.95. The van der Waals surface area contributed by atoms with Crippen LogP contribution < -0.4 is 5.32 Å². The molecule has 110 valence electrons. The second kappa shape index (κ2) is 6.61. The Morgan fingerprint density at radius 2 is 2.26 bits per heavy atom. The quantitative estimate of drug-likeness (QED) is 0.464. The Morgan fingerprint density at radius 3 is 2.89 bits per heavy atom. The zero-order chi connectivity index (χ0) is 12.4. The predicted octanol–water partition coefficient (Wildman–Crippen LogP) is 2.09. The summed E-state index contributed by atoms with van der Waals surface area (Å²) in [6, 6.07) is 0. The van der Waals surface area contributed by atoms with Crippen LogP contribution in [0, 0.1) is 11.3 Å². The highest BCUT2D eigenvalue weighted by Gasteiger charge is 2.42. The summed E-state index contributed by atoms with van der Waals surface area (Å²) < 4.78 is 5.59. The number of nitrogens with one attached hydrogen (secondary N) is 1. The molecule has 3 aliphatic rings. The van der Waals surface area contributed by atoms with Gasteiger partial charge in [-0.1, -0.05) is 0 Å². The van der Waals surface area contributed by atoms with Crippen molar-refractivity contribution in [2.24, 2.45) is 16.3 Å². The molecule has 5 heteroatoms. The van der Waals surface area contributed by atoms with Crippen molar-refractivity contribution in [3.63, 3.8) is 0 Å². The number of hydrogen-bond donors (Lipinski definition) is 1. The minimum absolute atomic E-state index is 0. The van der Waals surface area contributed by atoms with E-state index in [1.165, 1.54) is 25.7 Å². The first-order valence-electron chi connectivity index (χ1n) is 7.42. The number of nitrogens with zero attached hydrogens (tertiary/aromatic N) is 2. The van der Waals surface area contributed by atoms with Crippen molar-refractivity contribution in [2.75, 3.05) is 39.4 Å². The maximum atomic E-state index is 5.59. The van der Waals surface area contributed by atoms with Crippen LogP contribution in [0.4, 0.5) is 0 Å². The van der Waals surface area contributed by atoms with Crippen LogP contribution in [-0.4, -0.2) is 50.3 Å². The molecule has 1 unspecified atom stereocenters. The van der Waals surface area contributed by atoms with Crippen LogP contribution >= 0.6 is 24.0 Å². The molecule has 3 fully saturated rings. The van der Waals surface area contributed by atoms with Gasteiger partial charge in [-0.2, -0.15) is 0 Å². The maximum absolute atomic E-state index is 5.59. The summed E-state index contributed by atoms with van der Waals surface area (Å²) >= 11 is 0. The summed E-state index contributed by atoms with van der Waals surface area (Å²) in [4.78, 5) is 7.25. The summed E-state index contributed by atoms with van der Waals surface area (Å²) in [7, 11) is 0. The van der Waals surface area contributed by atoms with Gasteiger partial charge in [0, 0.05) is 38.2 Å². The topological polar surface area (TPSA) is 36.9 Å². The second-order valence-electron chi connectivity index (χ2n) is 6.11. The molecule has 3 rings (SSSR count). The van der Waals surface area contributed by atoms with E-state index in [4.69, 9.17) is 9.73 Å². The van der Waals surface area contributed by atoms with E-state index in [9.17, 15) is 0 Å². The first-order chi connectivity index (χ1) is 8.81. The van der Waals surface area contributed by atoms with Crippen LogP contribution in [0.1, 0.15) is 32.6 Å². The van der Waals surface area contributed by atoms with Gasteiger partial charge in [0.25, 0.3) is 0 Å². The van der Waals surface area contributed by atoms with Gasteiger partial charge in [0.2, 0.25) is 0 Å². The number of ether oxygens (including phenoxy) is 1. The molecule has 0 radical (unpaired) electrons. The van der Waals surface area contributed by atoms with Crippen LogP contribution in [-0.2, 0) is 4.74 Å². The molecule has 2 heterocycles. The highest BCUT2D eigenvalue weighted by atomic mass is 127. The van der Waals surface area contributed by atoms with E-state index >= 15 is 0 Å². The number of hydrogen-bond acceptors (Lipinski definition) is 2. The lowest BCUT2D eigenvalue weighted by atomic mass is 9.87. The fourth-order valence-electron chi connectivity index (χ4n) is 3.03. The number of rotatable bonds is 3. The molecular formula is C14H26IN3O. The van der Waals surface area contributed by atoms with Crippen molar-refractivity contribution >= 4 is 29.9 Å². The lowest BCUT2D eigenvalue weighted by Gasteiger charge is -2.24. The summed E-state index contributed by atoms with van der Waals surface area (Å²) in [6.07, 6.45) is 5.24. The molecule has 2 saturated heterocycles. The minimum Gasteiger partial charge on any atom is -0.381 e. The molecule has 0 aromatic heterocycles. The summed E-state index contributed by atoms with van der Waals surface area (Å²) in [5.74, 6) is 2.00. The number of halogens is 1. The number of likely N-dealkylation sites (tertiary alicyclic amines) is 1. The molecule has 0 bridgehead atoms. The molecule has 1 spiro atoms. The van der Waals surface area contributed by atoms with Crippen LogP contribution in [0.2, 0.25) is 0 Å². The van der Waals surface area contributed by atoms with Gasteiger partial charge >= 0.3 is 0 Å². The number of guanidine groups is 1. The minimum atomic E-state index is 0. The summed E-state index contributed by atoms with van der Waals surface area (Å²) in [5.41, 5.74) is 0.426. The first kappa shape index (κ1) is 15.4. The predicted molar refractivity (Wildman–Crippen MR) is 88.2 cm³/mol. The number of aliphatic imine (C=N–C) groups is 1. The molecule has 4 nitrogen and oxygen atoms in total. The van der Waals surface area contributed by atoms with Gasteiger partial charge in [0.15, 0.2) is 5.96 Å². The fraction of sp³-hybridized carbons (Fsp3) is 0.929. The zero-order valence-corrected chi connectivity index (χ0v) is 14.2. The lowest BCUT2D eigenvalue weighted by Crippen LogP contribution is -2.41. The van der Waals surface area contributed by atoms with Crippen molar-refractivity contribution in [3.05, 3.63) is 0 Å². The van der Waals surface area contributed by atoms with Gasteiger partial charge in [-0.05, 0) is 38.5 Å². The van der Waals surface area contributed by atoms with E-state index in [-0.39, 0.29) is 24.0 Å². The highest BCUT2D eigenvalue weighted by molar-refractivity contribution is 14.0. The van der Waals surface area contributed by atoms with Gasteiger partial charge in [0.05, 0.1) is 6.61 Å². The van der Waals surface area contributed by atoms with E-state index in [1.807, 2.05) is 0 Å². The van der Waals surface area contributed by atoms with E-state index in [1.54, 1.807) is 0 Å². The van der Waals surface area contributed by atoms with Crippen LogP contribution in [0.3, 0.4) is 0 Å². The molecule has 1 saturated carbocycles. The molecule has 2 aliphatic heterocycles. The Morgan fingerprint density at radius 1 is 1.42 bits per heavy atom. The molecule has 0 aromatic carbocycles. The third-order valence-electron chi connectivity index (χ3n) is 4.45. The Kier molecular flexibility index (Phi) is 5.34. The molecule has 1 atom stereocenters. The van der Waals surface area contributed by atoms with E-state index < -0.39 is 0 Å². The third kappa shape index (κ3) is 3.74. The second-order valence-corrected chi connectivity index (χ2v) is 6.11. The van der Waals surface area contributed by atoms with Crippen molar-refractivity contribution in [1.82, 2.24) is 10.2 Å². The Bertz CT molecular complexity index is 325. The van der Waals surface area contributed by atoms with Gasteiger partial charge < -0.3 is 15.0 Å².